The van der Waals surface area contributed by atoms with Gasteiger partial charge in [-0.2, -0.15) is 0 Å². The molecule has 5 heteroatoms. The van der Waals surface area contributed by atoms with E-state index in [-0.39, 0.29) is 5.76 Å². The standard InChI is InChI=1S/C15H17NO4/c1-8(2)10-5-6-12(19-4)11(7-10)13-14(15(17)18)20-9(3)16-13/h5-8H,1-4H3,(H,17,18). The summed E-state index contributed by atoms with van der Waals surface area (Å²) in [5.74, 6) is -0.0974. The van der Waals surface area contributed by atoms with Crippen molar-refractivity contribution in [3.05, 3.63) is 35.4 Å². The molecule has 1 aromatic carbocycles. The average Bonchev–Trinajstić information content (AvgIpc) is 2.80. The van der Waals surface area contributed by atoms with Crippen LogP contribution < -0.4 is 4.74 Å². The molecule has 0 atom stereocenters. The zero-order valence-corrected chi connectivity index (χ0v) is 11.9. The van der Waals surface area contributed by atoms with Crippen molar-refractivity contribution in [2.75, 3.05) is 7.11 Å². The predicted molar refractivity (Wildman–Crippen MR) is 74.3 cm³/mol. The van der Waals surface area contributed by atoms with E-state index in [4.69, 9.17) is 9.15 Å². The molecule has 0 aliphatic heterocycles. The van der Waals surface area contributed by atoms with E-state index in [0.717, 1.165) is 5.56 Å². The molecule has 0 amide bonds. The van der Waals surface area contributed by atoms with Gasteiger partial charge in [-0.1, -0.05) is 19.9 Å². The second-order valence-corrected chi connectivity index (χ2v) is 4.83. The van der Waals surface area contributed by atoms with Crippen molar-refractivity contribution in [1.29, 1.82) is 0 Å². The number of carboxylic acids is 1. The molecule has 0 saturated carbocycles. The highest BCUT2D eigenvalue weighted by Gasteiger charge is 2.22. The van der Waals surface area contributed by atoms with Gasteiger partial charge in [0.25, 0.3) is 0 Å². The summed E-state index contributed by atoms with van der Waals surface area (Å²) < 4.78 is 10.5. The number of ether oxygens (including phenoxy) is 1. The highest BCUT2D eigenvalue weighted by atomic mass is 16.5. The van der Waals surface area contributed by atoms with E-state index in [1.807, 2.05) is 18.2 Å². The van der Waals surface area contributed by atoms with Gasteiger partial charge in [0.1, 0.15) is 11.4 Å². The Bertz CT molecular complexity index is 643. The molecule has 5 nitrogen and oxygen atoms in total. The summed E-state index contributed by atoms with van der Waals surface area (Å²) in [7, 11) is 1.54. The number of carboxylic acid groups (broad SMARTS) is 1. The average molecular weight is 275 g/mol. The summed E-state index contributed by atoms with van der Waals surface area (Å²) in [4.78, 5) is 15.4. The topological polar surface area (TPSA) is 72.6 Å². The third kappa shape index (κ3) is 2.52. The van der Waals surface area contributed by atoms with Gasteiger partial charge in [0.05, 0.1) is 7.11 Å². The van der Waals surface area contributed by atoms with E-state index in [0.29, 0.717) is 28.8 Å². The Balaban J connectivity index is 2.67. The smallest absolute Gasteiger partial charge is 0.374 e. The Morgan fingerprint density at radius 2 is 2.10 bits per heavy atom. The maximum Gasteiger partial charge on any atom is 0.374 e. The number of aromatic carboxylic acids is 1. The molecule has 2 aromatic rings. The first-order valence-corrected chi connectivity index (χ1v) is 6.33. The van der Waals surface area contributed by atoms with Crippen LogP contribution in [0.15, 0.2) is 22.6 Å². The second-order valence-electron chi connectivity index (χ2n) is 4.83. The van der Waals surface area contributed by atoms with Gasteiger partial charge in [0.2, 0.25) is 5.76 Å². The van der Waals surface area contributed by atoms with Crippen LogP contribution in [0.25, 0.3) is 11.3 Å². The maximum absolute atomic E-state index is 11.3. The highest BCUT2D eigenvalue weighted by molar-refractivity contribution is 5.92. The Kier molecular flexibility index (Phi) is 3.79. The summed E-state index contributed by atoms with van der Waals surface area (Å²) in [5.41, 5.74) is 2.01. The van der Waals surface area contributed by atoms with Gasteiger partial charge in [-0.3, -0.25) is 0 Å². The number of aromatic nitrogens is 1. The third-order valence-corrected chi connectivity index (χ3v) is 3.07. The van der Waals surface area contributed by atoms with Crippen LogP contribution in [-0.2, 0) is 0 Å². The highest BCUT2D eigenvalue weighted by Crippen LogP contribution is 2.34. The molecule has 0 bridgehead atoms. The van der Waals surface area contributed by atoms with Gasteiger partial charge in [0.15, 0.2) is 5.89 Å². The van der Waals surface area contributed by atoms with Crippen LogP contribution in [0.1, 0.15) is 41.8 Å². The van der Waals surface area contributed by atoms with Gasteiger partial charge in [0, 0.05) is 12.5 Å². The first kappa shape index (κ1) is 14.1. The lowest BCUT2D eigenvalue weighted by Crippen LogP contribution is -1.99. The lowest BCUT2D eigenvalue weighted by atomic mass is 9.98. The number of oxazole rings is 1. The molecule has 0 unspecified atom stereocenters. The van der Waals surface area contributed by atoms with Crippen LogP contribution in [0.4, 0.5) is 0 Å². The third-order valence-electron chi connectivity index (χ3n) is 3.07. The Hall–Kier alpha value is -2.30. The van der Waals surface area contributed by atoms with Crippen LogP contribution in [0.5, 0.6) is 5.75 Å². The SMILES string of the molecule is COc1ccc(C(C)C)cc1-c1nc(C)oc1C(=O)O. The summed E-state index contributed by atoms with van der Waals surface area (Å²) in [6, 6.07) is 5.67. The number of carbonyl (C=O) groups is 1. The van der Waals surface area contributed by atoms with E-state index in [1.165, 1.54) is 0 Å². The molecule has 0 radical (unpaired) electrons. The molecule has 1 N–H and O–H groups in total. The molecule has 0 saturated heterocycles. The van der Waals surface area contributed by atoms with Crippen LogP contribution >= 0.6 is 0 Å². The Morgan fingerprint density at radius 3 is 2.65 bits per heavy atom. The fourth-order valence-corrected chi connectivity index (χ4v) is 2.02. The number of aryl methyl sites for hydroxylation is 1. The molecule has 0 spiro atoms. The summed E-state index contributed by atoms with van der Waals surface area (Å²) in [6.45, 7) is 5.75. The minimum absolute atomic E-state index is 0.165. The number of hydrogen-bond donors (Lipinski definition) is 1. The fraction of sp³-hybridized carbons (Fsp3) is 0.333. The van der Waals surface area contributed by atoms with Gasteiger partial charge in [-0.15, -0.1) is 0 Å². The van der Waals surface area contributed by atoms with Crippen molar-refractivity contribution < 1.29 is 19.1 Å². The largest absolute Gasteiger partial charge is 0.496 e. The second kappa shape index (κ2) is 5.36. The normalized spacial score (nSPS) is 10.8. The van der Waals surface area contributed by atoms with Crippen molar-refractivity contribution >= 4 is 5.97 Å². The molecule has 0 fully saturated rings. The quantitative estimate of drug-likeness (QED) is 0.924. The minimum Gasteiger partial charge on any atom is -0.496 e. The van der Waals surface area contributed by atoms with Gasteiger partial charge < -0.3 is 14.3 Å². The van der Waals surface area contributed by atoms with Crippen LogP contribution in [0, 0.1) is 6.92 Å². The van der Waals surface area contributed by atoms with E-state index < -0.39 is 5.97 Å². The number of benzene rings is 1. The lowest BCUT2D eigenvalue weighted by molar-refractivity contribution is 0.0662. The number of nitrogens with zero attached hydrogens (tertiary/aromatic N) is 1. The zero-order chi connectivity index (χ0) is 14.9. The van der Waals surface area contributed by atoms with Crippen molar-refractivity contribution in [3.8, 4) is 17.0 Å². The molecule has 1 heterocycles. The number of hydrogen-bond acceptors (Lipinski definition) is 4. The Labute approximate surface area is 117 Å². The number of methoxy groups -OCH3 is 1. The predicted octanol–water partition coefficient (Wildman–Crippen LogP) is 3.48. The lowest BCUT2D eigenvalue weighted by Gasteiger charge is -2.11. The maximum atomic E-state index is 11.3. The molecule has 1 aromatic heterocycles. The zero-order valence-electron chi connectivity index (χ0n) is 11.9. The van der Waals surface area contributed by atoms with E-state index in [2.05, 4.69) is 18.8 Å². The van der Waals surface area contributed by atoms with Crippen molar-refractivity contribution in [2.24, 2.45) is 0 Å². The summed E-state index contributed by atoms with van der Waals surface area (Å²) in [5, 5.41) is 9.21. The molecule has 106 valence electrons. The fourth-order valence-electron chi connectivity index (χ4n) is 2.02. The van der Waals surface area contributed by atoms with E-state index >= 15 is 0 Å². The first-order chi connectivity index (χ1) is 9.43. The minimum atomic E-state index is -1.14. The van der Waals surface area contributed by atoms with Crippen LogP contribution in [-0.4, -0.2) is 23.2 Å². The van der Waals surface area contributed by atoms with Gasteiger partial charge in [-0.05, 0) is 23.6 Å². The van der Waals surface area contributed by atoms with E-state index in [9.17, 15) is 9.90 Å². The Morgan fingerprint density at radius 1 is 1.40 bits per heavy atom. The van der Waals surface area contributed by atoms with Gasteiger partial charge >= 0.3 is 5.97 Å². The molecular formula is C15H17NO4. The molecular weight excluding hydrogens is 258 g/mol. The van der Waals surface area contributed by atoms with Crippen LogP contribution in [0.3, 0.4) is 0 Å². The summed E-state index contributed by atoms with van der Waals surface area (Å²) in [6.07, 6.45) is 0. The molecule has 20 heavy (non-hydrogen) atoms. The monoisotopic (exact) mass is 275 g/mol. The van der Waals surface area contributed by atoms with Crippen molar-refractivity contribution in [1.82, 2.24) is 4.98 Å². The van der Waals surface area contributed by atoms with E-state index in [1.54, 1.807) is 14.0 Å². The van der Waals surface area contributed by atoms with Gasteiger partial charge in [-0.25, -0.2) is 9.78 Å². The number of rotatable bonds is 4. The van der Waals surface area contributed by atoms with Crippen molar-refractivity contribution in [2.45, 2.75) is 26.7 Å². The van der Waals surface area contributed by atoms with Crippen LogP contribution in [0.2, 0.25) is 0 Å². The molecule has 0 aliphatic rings. The molecule has 0 aliphatic carbocycles. The first-order valence-electron chi connectivity index (χ1n) is 6.33. The summed E-state index contributed by atoms with van der Waals surface area (Å²) >= 11 is 0. The molecule has 2 rings (SSSR count). The van der Waals surface area contributed by atoms with Crippen molar-refractivity contribution in [3.63, 3.8) is 0 Å².